The van der Waals surface area contributed by atoms with Crippen LogP contribution in [0.25, 0.3) is 0 Å². The minimum Gasteiger partial charge on any atom is -0.329 e. The Labute approximate surface area is 31.4 Å². The van der Waals surface area contributed by atoms with Gasteiger partial charge < -0.3 is 11.1 Å². The highest BCUT2D eigenvalue weighted by Gasteiger charge is 2.15. The zero-order valence-corrected chi connectivity index (χ0v) is 3.07. The lowest BCUT2D eigenvalue weighted by Gasteiger charge is -1.73. The van der Waals surface area contributed by atoms with Gasteiger partial charge >= 0.3 is 0 Å². The highest BCUT2D eigenvalue weighted by Crippen LogP contribution is 1.88. The van der Waals surface area contributed by atoms with Crippen LogP contribution in [0.3, 0.4) is 0 Å². The molecule has 0 aliphatic carbocycles. The van der Waals surface area contributed by atoms with E-state index >= 15 is 0 Å². The van der Waals surface area contributed by atoms with E-state index in [1.54, 1.807) is 0 Å². The smallest absolute Gasteiger partial charge is 0.0316 e. The molecule has 30 valence electrons. The van der Waals surface area contributed by atoms with E-state index < -0.39 is 0 Å². The maximum absolute atomic E-state index is 5.17. The zero-order chi connectivity index (χ0) is 3.70. The second-order valence-corrected chi connectivity index (χ2v) is 1.34. The summed E-state index contributed by atoms with van der Waals surface area (Å²) in [4.78, 5) is 0. The monoisotopic (exact) mass is 72.1 g/mol. The van der Waals surface area contributed by atoms with Crippen LogP contribution in [0.2, 0.25) is 0 Å². The molecule has 1 saturated heterocycles. The molecule has 5 heavy (non-hydrogen) atoms. The fourth-order valence-electron chi connectivity index (χ4n) is 0.250. The third-order valence-electron chi connectivity index (χ3n) is 0.777. The molecule has 0 aromatic heterocycles. The lowest BCUT2D eigenvalue weighted by atomic mass is 10.5. The van der Waals surface area contributed by atoms with E-state index in [-0.39, 0.29) is 0 Å². The van der Waals surface area contributed by atoms with Crippen LogP contribution < -0.4 is 11.1 Å². The average Bonchev–Trinajstić information content (AvgIpc) is 2.12. The maximum Gasteiger partial charge on any atom is 0.0316 e. The third-order valence-corrected chi connectivity index (χ3v) is 0.777. The molecule has 0 aromatic carbocycles. The molecular formula is C3H8N2. The molecule has 0 radical (unpaired) electrons. The van der Waals surface area contributed by atoms with Crippen molar-refractivity contribution in [3.8, 4) is 0 Å². The van der Waals surface area contributed by atoms with Gasteiger partial charge in [0.2, 0.25) is 0 Å². The molecule has 2 heteroatoms. The van der Waals surface area contributed by atoms with Gasteiger partial charge in [0, 0.05) is 19.1 Å². The van der Waals surface area contributed by atoms with Crippen molar-refractivity contribution in [2.45, 2.75) is 6.04 Å². The van der Waals surface area contributed by atoms with Crippen LogP contribution in [0.1, 0.15) is 0 Å². The minimum atomic E-state index is 0.662. The molecule has 0 spiro atoms. The number of hydrogen-bond acceptors (Lipinski definition) is 2. The predicted molar refractivity (Wildman–Crippen MR) is 20.8 cm³/mol. The van der Waals surface area contributed by atoms with Gasteiger partial charge in [-0.1, -0.05) is 0 Å². The summed E-state index contributed by atoms with van der Waals surface area (Å²) in [6, 6.07) is 0.662. The van der Waals surface area contributed by atoms with Crippen LogP contribution >= 0.6 is 0 Å². The number of hydrogen-bond donors (Lipinski definition) is 2. The van der Waals surface area contributed by atoms with Crippen molar-refractivity contribution in [2.75, 3.05) is 13.1 Å². The molecule has 1 aliphatic heterocycles. The van der Waals surface area contributed by atoms with Gasteiger partial charge in [0.25, 0.3) is 0 Å². The van der Waals surface area contributed by atoms with Crippen LogP contribution in [-0.4, -0.2) is 19.1 Å². The maximum atomic E-state index is 5.17. The average molecular weight is 72.1 g/mol. The van der Waals surface area contributed by atoms with Crippen molar-refractivity contribution < 1.29 is 0 Å². The van der Waals surface area contributed by atoms with Crippen LogP contribution in [0.15, 0.2) is 0 Å². The molecule has 1 rings (SSSR count). The van der Waals surface area contributed by atoms with Gasteiger partial charge in [-0.3, -0.25) is 0 Å². The summed E-state index contributed by atoms with van der Waals surface area (Å²) in [7, 11) is 0. The first-order valence-corrected chi connectivity index (χ1v) is 1.87. The second-order valence-electron chi connectivity index (χ2n) is 1.34. The molecule has 1 atom stereocenters. The highest BCUT2D eigenvalue weighted by atomic mass is 15.1. The lowest BCUT2D eigenvalue weighted by Crippen LogP contribution is -2.08. The molecule has 0 bridgehead atoms. The topological polar surface area (TPSA) is 48.0 Å². The fourth-order valence-corrected chi connectivity index (χ4v) is 0.250. The van der Waals surface area contributed by atoms with Crippen LogP contribution in [-0.2, 0) is 0 Å². The number of nitrogens with one attached hydrogen (secondary N) is 1. The van der Waals surface area contributed by atoms with Gasteiger partial charge in [0.15, 0.2) is 0 Å². The van der Waals surface area contributed by atoms with E-state index in [1.165, 1.54) is 0 Å². The standard InChI is InChI=1S/C3H8N2/c4-1-3-2-5-3/h3,5H,1-2,4H2. The van der Waals surface area contributed by atoms with E-state index in [9.17, 15) is 0 Å². The molecule has 0 aromatic rings. The van der Waals surface area contributed by atoms with Crippen molar-refractivity contribution >= 4 is 0 Å². The van der Waals surface area contributed by atoms with E-state index in [0.29, 0.717) is 6.04 Å². The Hall–Kier alpha value is -0.0800. The largest absolute Gasteiger partial charge is 0.329 e. The first-order chi connectivity index (χ1) is 2.43. The summed E-state index contributed by atoms with van der Waals surface area (Å²) < 4.78 is 0. The van der Waals surface area contributed by atoms with Gasteiger partial charge in [-0.05, 0) is 0 Å². The molecule has 0 amide bonds. The molecule has 2 nitrogen and oxygen atoms in total. The molecule has 3 N–H and O–H groups in total. The Morgan fingerprint density at radius 3 is 2.60 bits per heavy atom. The summed E-state index contributed by atoms with van der Waals surface area (Å²) in [6.07, 6.45) is 0. The van der Waals surface area contributed by atoms with Crippen LogP contribution in [0.4, 0.5) is 0 Å². The van der Waals surface area contributed by atoms with Crippen molar-refractivity contribution in [3.63, 3.8) is 0 Å². The van der Waals surface area contributed by atoms with Gasteiger partial charge in [0.05, 0.1) is 0 Å². The normalized spacial score (nSPS) is 34.2. The van der Waals surface area contributed by atoms with Crippen LogP contribution in [0.5, 0.6) is 0 Å². The Morgan fingerprint density at radius 1 is 2.00 bits per heavy atom. The van der Waals surface area contributed by atoms with Gasteiger partial charge in [0.1, 0.15) is 0 Å². The summed E-state index contributed by atoms with van der Waals surface area (Å²) >= 11 is 0. The fraction of sp³-hybridized carbons (Fsp3) is 1.00. The Bertz CT molecular complexity index is 31.9. The summed E-state index contributed by atoms with van der Waals surface area (Å²) in [5, 5.41) is 3.06. The molecule has 0 saturated carbocycles. The van der Waals surface area contributed by atoms with E-state index in [0.717, 1.165) is 13.1 Å². The Morgan fingerprint density at radius 2 is 2.60 bits per heavy atom. The predicted octanol–water partition coefficient (Wildman–Crippen LogP) is -1.08. The van der Waals surface area contributed by atoms with Gasteiger partial charge in [-0.2, -0.15) is 0 Å². The Kier molecular flexibility index (Phi) is 0.596. The lowest BCUT2D eigenvalue weighted by molar-refractivity contribution is 0.940. The third kappa shape index (κ3) is 0.597. The van der Waals surface area contributed by atoms with Gasteiger partial charge in [-0.25, -0.2) is 0 Å². The Balaban J connectivity index is 2.00. The second kappa shape index (κ2) is 0.954. The van der Waals surface area contributed by atoms with Crippen molar-refractivity contribution in [1.29, 1.82) is 0 Å². The van der Waals surface area contributed by atoms with Crippen molar-refractivity contribution in [1.82, 2.24) is 5.32 Å². The van der Waals surface area contributed by atoms with Crippen molar-refractivity contribution in [2.24, 2.45) is 5.73 Å². The number of rotatable bonds is 1. The minimum absolute atomic E-state index is 0.662. The van der Waals surface area contributed by atoms with E-state index in [4.69, 9.17) is 5.73 Å². The molecular weight excluding hydrogens is 64.0 g/mol. The first kappa shape index (κ1) is 3.12. The molecule has 1 aliphatic rings. The molecule has 1 heterocycles. The SMILES string of the molecule is NCC1CN1. The van der Waals surface area contributed by atoms with Gasteiger partial charge in [-0.15, -0.1) is 0 Å². The summed E-state index contributed by atoms with van der Waals surface area (Å²) in [6.45, 7) is 1.94. The van der Waals surface area contributed by atoms with Crippen molar-refractivity contribution in [3.05, 3.63) is 0 Å². The van der Waals surface area contributed by atoms with Crippen LogP contribution in [0, 0.1) is 0 Å². The van der Waals surface area contributed by atoms with E-state index in [2.05, 4.69) is 5.32 Å². The zero-order valence-electron chi connectivity index (χ0n) is 3.07. The summed E-state index contributed by atoms with van der Waals surface area (Å²) in [5.74, 6) is 0. The van der Waals surface area contributed by atoms with E-state index in [1.807, 2.05) is 0 Å². The molecule has 1 unspecified atom stereocenters. The highest BCUT2D eigenvalue weighted by molar-refractivity contribution is 4.82. The number of nitrogens with two attached hydrogens (primary N) is 1. The quantitative estimate of drug-likeness (QED) is 0.387. The first-order valence-electron chi connectivity index (χ1n) is 1.87. The summed E-state index contributed by atoms with van der Waals surface area (Å²) in [5.41, 5.74) is 5.17. The molecule has 1 fully saturated rings.